The molecule has 2 rings (SSSR count). The molecular formula is C21H27BrN2O3S. The largest absolute Gasteiger partial charge is 0.351 e. The van der Waals surface area contributed by atoms with E-state index in [0.717, 1.165) is 22.1 Å². The summed E-state index contributed by atoms with van der Waals surface area (Å²) in [5.41, 5.74) is 2.78. The third-order valence-corrected chi connectivity index (χ3v) is 6.55. The van der Waals surface area contributed by atoms with Gasteiger partial charge in [0.05, 0.1) is 5.75 Å². The second-order valence-corrected chi connectivity index (χ2v) is 10.2. The Kier molecular flexibility index (Phi) is 8.22. The maximum absolute atomic E-state index is 12.3. The van der Waals surface area contributed by atoms with Gasteiger partial charge in [0.2, 0.25) is 5.91 Å². The van der Waals surface area contributed by atoms with Crippen molar-refractivity contribution in [1.29, 1.82) is 0 Å². The third-order valence-electron chi connectivity index (χ3n) is 4.55. The summed E-state index contributed by atoms with van der Waals surface area (Å²) in [6.07, 6.45) is 0. The number of sulfone groups is 1. The molecule has 0 aliphatic heterocycles. The van der Waals surface area contributed by atoms with Crippen LogP contribution in [0.3, 0.4) is 0 Å². The summed E-state index contributed by atoms with van der Waals surface area (Å²) in [5, 5.41) is 2.75. The molecule has 0 fully saturated rings. The summed E-state index contributed by atoms with van der Waals surface area (Å²) in [4.78, 5) is 14.4. The molecule has 0 atom stereocenters. The van der Waals surface area contributed by atoms with E-state index >= 15 is 0 Å². The highest BCUT2D eigenvalue weighted by atomic mass is 79.9. The number of hydrogen-bond donors (Lipinski definition) is 1. The minimum Gasteiger partial charge on any atom is -0.351 e. The Labute approximate surface area is 176 Å². The number of carbonyl (C=O) groups excluding carboxylic acids is 1. The maximum Gasteiger partial charge on any atom is 0.235 e. The van der Waals surface area contributed by atoms with Gasteiger partial charge in [0.1, 0.15) is 5.75 Å². The van der Waals surface area contributed by atoms with Crippen LogP contribution >= 0.6 is 15.9 Å². The predicted molar refractivity (Wildman–Crippen MR) is 117 cm³/mol. The zero-order valence-electron chi connectivity index (χ0n) is 16.5. The molecule has 0 saturated carbocycles. The molecule has 0 unspecified atom stereocenters. The fourth-order valence-corrected chi connectivity index (χ4v) is 4.23. The normalized spacial score (nSPS) is 11.8. The first-order valence-electron chi connectivity index (χ1n) is 9.15. The lowest BCUT2D eigenvalue weighted by Gasteiger charge is -2.22. The Hall–Kier alpha value is -1.70. The van der Waals surface area contributed by atoms with Crippen molar-refractivity contribution < 1.29 is 13.2 Å². The number of halogens is 1. The van der Waals surface area contributed by atoms with Crippen LogP contribution < -0.4 is 5.32 Å². The van der Waals surface area contributed by atoms with Crippen LogP contribution in [0.2, 0.25) is 0 Å². The highest BCUT2D eigenvalue weighted by molar-refractivity contribution is 9.10. The van der Waals surface area contributed by atoms with Gasteiger partial charge in [-0.15, -0.1) is 0 Å². The van der Waals surface area contributed by atoms with Crippen LogP contribution in [-0.2, 0) is 33.5 Å². The Morgan fingerprint density at radius 3 is 2.29 bits per heavy atom. The molecule has 0 aliphatic carbocycles. The molecule has 2 aromatic rings. The van der Waals surface area contributed by atoms with Gasteiger partial charge in [-0.25, -0.2) is 8.42 Å². The Bertz CT molecular complexity index is 896. The van der Waals surface area contributed by atoms with Gasteiger partial charge in [-0.1, -0.05) is 52.3 Å². The molecule has 152 valence electrons. The number of carbonyl (C=O) groups is 1. The molecule has 7 heteroatoms. The van der Waals surface area contributed by atoms with Crippen molar-refractivity contribution in [3.63, 3.8) is 0 Å². The second-order valence-electron chi connectivity index (χ2n) is 7.21. The van der Waals surface area contributed by atoms with Crippen molar-refractivity contribution in [1.82, 2.24) is 10.2 Å². The van der Waals surface area contributed by atoms with E-state index in [2.05, 4.69) is 47.0 Å². The number of rotatable bonds is 9. The maximum atomic E-state index is 12.3. The minimum atomic E-state index is -3.53. The number of amides is 1. The third kappa shape index (κ3) is 7.37. The van der Waals surface area contributed by atoms with E-state index in [0.29, 0.717) is 18.2 Å². The molecule has 0 saturated heterocycles. The zero-order chi connectivity index (χ0) is 20.7. The summed E-state index contributed by atoms with van der Waals surface area (Å²) in [6.45, 7) is 5.34. The fourth-order valence-electron chi connectivity index (χ4n) is 2.67. The van der Waals surface area contributed by atoms with Crippen molar-refractivity contribution in [2.45, 2.75) is 38.7 Å². The highest BCUT2D eigenvalue weighted by Gasteiger charge is 2.18. The average molecular weight is 467 g/mol. The molecule has 5 nitrogen and oxygen atoms in total. The van der Waals surface area contributed by atoms with E-state index in [1.807, 2.05) is 24.3 Å². The van der Waals surface area contributed by atoms with Crippen LogP contribution in [0.1, 0.15) is 30.5 Å². The number of nitrogens with zero attached hydrogens (tertiary/aromatic N) is 1. The number of benzene rings is 2. The van der Waals surface area contributed by atoms with Crippen LogP contribution in [0.5, 0.6) is 0 Å². The van der Waals surface area contributed by atoms with Gasteiger partial charge in [-0.3, -0.25) is 9.69 Å². The molecule has 0 bridgehead atoms. The quantitative estimate of drug-likeness (QED) is 0.613. The van der Waals surface area contributed by atoms with Crippen LogP contribution in [-0.4, -0.2) is 38.1 Å². The summed E-state index contributed by atoms with van der Waals surface area (Å²) in [5.74, 6) is -1.15. The van der Waals surface area contributed by atoms with E-state index in [1.54, 1.807) is 24.3 Å². The first-order valence-corrected chi connectivity index (χ1v) is 11.8. The lowest BCUT2D eigenvalue weighted by Crippen LogP contribution is -2.31. The van der Waals surface area contributed by atoms with Gasteiger partial charge in [-0.05, 0) is 49.7 Å². The Morgan fingerprint density at radius 2 is 1.68 bits per heavy atom. The summed E-state index contributed by atoms with van der Waals surface area (Å²) in [7, 11) is -1.48. The lowest BCUT2D eigenvalue weighted by atomic mass is 10.1. The highest BCUT2D eigenvalue weighted by Crippen LogP contribution is 2.14. The van der Waals surface area contributed by atoms with Crippen molar-refractivity contribution in [2.24, 2.45) is 0 Å². The first kappa shape index (κ1) is 22.6. The van der Waals surface area contributed by atoms with Gasteiger partial charge in [-0.2, -0.15) is 0 Å². The molecule has 0 spiro atoms. The molecule has 2 aromatic carbocycles. The summed E-state index contributed by atoms with van der Waals surface area (Å²) in [6, 6.07) is 15.3. The standard InChI is InChI=1S/C21H27BrN2O3S/c1-16(2)24(3)13-19-7-5-4-6-18(19)12-23-21(25)15-28(26,27)14-17-8-10-20(22)11-9-17/h4-11,16H,12-15H2,1-3H3,(H,23,25). The molecule has 0 aliphatic rings. The minimum absolute atomic E-state index is 0.149. The van der Waals surface area contributed by atoms with Crippen LogP contribution in [0.4, 0.5) is 0 Å². The van der Waals surface area contributed by atoms with E-state index in [4.69, 9.17) is 0 Å². The van der Waals surface area contributed by atoms with E-state index in [9.17, 15) is 13.2 Å². The van der Waals surface area contributed by atoms with Crippen molar-refractivity contribution in [3.8, 4) is 0 Å². The van der Waals surface area contributed by atoms with Crippen molar-refractivity contribution in [3.05, 3.63) is 69.7 Å². The van der Waals surface area contributed by atoms with Gasteiger partial charge in [0.25, 0.3) is 0 Å². The van der Waals surface area contributed by atoms with Gasteiger partial charge in [0.15, 0.2) is 9.84 Å². The van der Waals surface area contributed by atoms with Crippen LogP contribution in [0, 0.1) is 0 Å². The fraction of sp³-hybridized carbons (Fsp3) is 0.381. The smallest absolute Gasteiger partial charge is 0.235 e. The lowest BCUT2D eigenvalue weighted by molar-refractivity contribution is -0.118. The van der Waals surface area contributed by atoms with E-state index in [1.165, 1.54) is 0 Å². The molecular weight excluding hydrogens is 440 g/mol. The number of hydrogen-bond acceptors (Lipinski definition) is 4. The molecule has 0 radical (unpaired) electrons. The Morgan fingerprint density at radius 1 is 1.07 bits per heavy atom. The van der Waals surface area contributed by atoms with Crippen molar-refractivity contribution in [2.75, 3.05) is 12.8 Å². The molecule has 28 heavy (non-hydrogen) atoms. The van der Waals surface area contributed by atoms with Gasteiger partial charge >= 0.3 is 0 Å². The predicted octanol–water partition coefficient (Wildman–Crippen LogP) is 3.52. The SMILES string of the molecule is CC(C)N(C)Cc1ccccc1CNC(=O)CS(=O)(=O)Cc1ccc(Br)cc1. The Balaban J connectivity index is 1.94. The van der Waals surface area contributed by atoms with E-state index in [-0.39, 0.29) is 5.75 Å². The van der Waals surface area contributed by atoms with Crippen LogP contribution in [0.15, 0.2) is 53.0 Å². The summed E-state index contributed by atoms with van der Waals surface area (Å²) < 4.78 is 25.5. The average Bonchev–Trinajstić information content (AvgIpc) is 2.62. The number of nitrogens with one attached hydrogen (secondary N) is 1. The van der Waals surface area contributed by atoms with Gasteiger partial charge < -0.3 is 5.32 Å². The van der Waals surface area contributed by atoms with E-state index < -0.39 is 21.5 Å². The molecule has 1 N–H and O–H groups in total. The molecule has 0 aromatic heterocycles. The van der Waals surface area contributed by atoms with Gasteiger partial charge in [0, 0.05) is 23.6 Å². The van der Waals surface area contributed by atoms with Crippen molar-refractivity contribution >= 4 is 31.7 Å². The monoisotopic (exact) mass is 466 g/mol. The van der Waals surface area contributed by atoms with Crippen LogP contribution in [0.25, 0.3) is 0 Å². The summed E-state index contributed by atoms with van der Waals surface area (Å²) >= 11 is 3.32. The molecule has 1 amide bonds. The topological polar surface area (TPSA) is 66.5 Å². The second kappa shape index (κ2) is 10.2. The molecule has 0 heterocycles. The zero-order valence-corrected chi connectivity index (χ0v) is 18.9. The first-order chi connectivity index (χ1) is 13.2.